The first-order valence-corrected chi connectivity index (χ1v) is 5.74. The summed E-state index contributed by atoms with van der Waals surface area (Å²) in [7, 11) is 0. The zero-order valence-electron chi connectivity index (χ0n) is 11.2. The molecule has 0 unspecified atom stereocenters. The maximum absolute atomic E-state index is 11.9. The lowest BCUT2D eigenvalue weighted by Crippen LogP contribution is -2.45. The van der Waals surface area contributed by atoms with Gasteiger partial charge in [0.1, 0.15) is 0 Å². The van der Waals surface area contributed by atoms with Crippen LogP contribution in [-0.4, -0.2) is 32.6 Å². The lowest BCUT2D eigenvalue weighted by atomic mass is 10.1. The van der Waals surface area contributed by atoms with Crippen molar-refractivity contribution in [2.45, 2.75) is 26.3 Å². The first-order valence-electron chi connectivity index (χ1n) is 5.74. The molecule has 0 aliphatic rings. The van der Waals surface area contributed by atoms with Crippen molar-refractivity contribution in [2.24, 2.45) is 5.73 Å². The summed E-state index contributed by atoms with van der Waals surface area (Å²) in [6, 6.07) is 1.85. The largest absolute Gasteiger partial charge is 0.350 e. The number of hydrogen-bond donors (Lipinski definition) is 2. The lowest BCUT2D eigenvalue weighted by Gasteiger charge is -2.18. The molecule has 6 nitrogen and oxygen atoms in total. The van der Waals surface area contributed by atoms with Gasteiger partial charge in [-0.2, -0.15) is 5.10 Å². The highest BCUT2D eigenvalue weighted by molar-refractivity contribution is 5.93. The van der Waals surface area contributed by atoms with Crippen molar-refractivity contribution in [3.05, 3.63) is 29.7 Å². The van der Waals surface area contributed by atoms with Gasteiger partial charge in [0.25, 0.3) is 5.91 Å². The van der Waals surface area contributed by atoms with E-state index in [2.05, 4.69) is 15.4 Å². The third kappa shape index (κ3) is 3.90. The van der Waals surface area contributed by atoms with E-state index in [4.69, 9.17) is 5.73 Å². The molecule has 0 atom stereocenters. The zero-order chi connectivity index (χ0) is 13.3. The smallest absolute Gasteiger partial charge is 0.254 e. The van der Waals surface area contributed by atoms with Gasteiger partial charge < -0.3 is 11.1 Å². The van der Waals surface area contributed by atoms with Crippen LogP contribution in [-0.2, 0) is 0 Å². The highest BCUT2D eigenvalue weighted by Crippen LogP contribution is 2.05. The van der Waals surface area contributed by atoms with Crippen molar-refractivity contribution < 1.29 is 4.79 Å². The molecule has 0 spiro atoms. The van der Waals surface area contributed by atoms with Gasteiger partial charge in [0.15, 0.2) is 5.65 Å². The Bertz CT molecular complexity index is 587. The number of aromatic nitrogens is 3. The Labute approximate surface area is 117 Å². The Morgan fingerprint density at radius 2 is 2.21 bits per heavy atom. The predicted octanol–water partition coefficient (Wildman–Crippen LogP) is 0.927. The molecule has 2 aromatic heterocycles. The number of nitrogens with zero attached hydrogens (tertiary/aromatic N) is 3. The number of hydrogen-bond acceptors (Lipinski definition) is 4. The van der Waals surface area contributed by atoms with Crippen LogP contribution < -0.4 is 11.1 Å². The molecule has 0 aliphatic heterocycles. The van der Waals surface area contributed by atoms with Crippen LogP contribution in [0.1, 0.15) is 29.9 Å². The van der Waals surface area contributed by atoms with Gasteiger partial charge in [-0.3, -0.25) is 4.79 Å². The van der Waals surface area contributed by atoms with E-state index >= 15 is 0 Å². The molecule has 0 aliphatic carbocycles. The molecule has 19 heavy (non-hydrogen) atoms. The average molecular weight is 284 g/mol. The van der Waals surface area contributed by atoms with E-state index in [-0.39, 0.29) is 18.3 Å². The van der Waals surface area contributed by atoms with E-state index < -0.39 is 5.54 Å². The molecule has 0 saturated heterocycles. The number of halogens is 1. The lowest BCUT2D eigenvalue weighted by molar-refractivity contribution is 0.0945. The molecule has 0 fully saturated rings. The van der Waals surface area contributed by atoms with Crippen molar-refractivity contribution in [1.29, 1.82) is 0 Å². The Kier molecular flexibility index (Phi) is 4.49. The van der Waals surface area contributed by atoms with Crippen molar-refractivity contribution >= 4 is 24.0 Å². The summed E-state index contributed by atoms with van der Waals surface area (Å²) in [6.07, 6.45) is 3.20. The fourth-order valence-corrected chi connectivity index (χ4v) is 1.52. The number of amides is 1. The molecule has 3 N–H and O–H groups in total. The highest BCUT2D eigenvalue weighted by Gasteiger charge is 2.14. The molecule has 7 heteroatoms. The fraction of sp³-hybridized carbons (Fsp3) is 0.417. The van der Waals surface area contributed by atoms with Crippen LogP contribution in [0.5, 0.6) is 0 Å². The Morgan fingerprint density at radius 1 is 1.53 bits per heavy atom. The Balaban J connectivity index is 0.00000180. The molecular formula is C12H18ClN5O. The van der Waals surface area contributed by atoms with E-state index in [0.29, 0.717) is 12.1 Å². The first-order chi connectivity index (χ1) is 8.35. The number of nitrogens with two attached hydrogens (primary N) is 1. The van der Waals surface area contributed by atoms with Gasteiger partial charge in [0.2, 0.25) is 0 Å². The summed E-state index contributed by atoms with van der Waals surface area (Å²) >= 11 is 0. The Hall–Kier alpha value is -1.66. The molecule has 1 amide bonds. The van der Waals surface area contributed by atoms with E-state index in [9.17, 15) is 4.79 Å². The quantitative estimate of drug-likeness (QED) is 0.877. The molecule has 0 radical (unpaired) electrons. The number of aryl methyl sites for hydroxylation is 1. The Morgan fingerprint density at radius 3 is 2.84 bits per heavy atom. The zero-order valence-corrected chi connectivity index (χ0v) is 12.0. The molecular weight excluding hydrogens is 266 g/mol. The maximum atomic E-state index is 11.9. The number of carbonyl (C=O) groups excluding carboxylic acids is 1. The molecule has 0 saturated carbocycles. The van der Waals surface area contributed by atoms with Gasteiger partial charge in [-0.25, -0.2) is 9.50 Å². The summed E-state index contributed by atoms with van der Waals surface area (Å²) in [6.45, 7) is 5.99. The average Bonchev–Trinajstić information content (AvgIpc) is 2.63. The van der Waals surface area contributed by atoms with Gasteiger partial charge >= 0.3 is 0 Å². The van der Waals surface area contributed by atoms with Gasteiger partial charge in [-0.05, 0) is 20.8 Å². The molecule has 0 aromatic carbocycles. The van der Waals surface area contributed by atoms with Gasteiger partial charge in [-0.1, -0.05) is 0 Å². The number of nitrogens with one attached hydrogen (secondary N) is 1. The molecule has 2 rings (SSSR count). The van der Waals surface area contributed by atoms with Crippen LogP contribution in [0.3, 0.4) is 0 Å². The standard InChI is InChI=1S/C12H17N5O.ClH/c1-8-4-10-14-5-9(6-17(10)16-8)11(18)15-7-12(2,3)13;/h4-6H,7,13H2,1-3H3,(H,15,18);1H. The predicted molar refractivity (Wildman–Crippen MR) is 75.6 cm³/mol. The SMILES string of the molecule is Cc1cc2ncc(C(=O)NCC(C)(C)N)cn2n1.Cl. The molecule has 2 heterocycles. The number of rotatable bonds is 3. The second-order valence-corrected chi connectivity index (χ2v) is 5.10. The van der Waals surface area contributed by atoms with Gasteiger partial charge in [-0.15, -0.1) is 12.4 Å². The minimum Gasteiger partial charge on any atom is -0.350 e. The minimum atomic E-state index is -0.435. The molecule has 104 valence electrons. The minimum absolute atomic E-state index is 0. The second-order valence-electron chi connectivity index (χ2n) is 5.10. The summed E-state index contributed by atoms with van der Waals surface area (Å²) in [5.41, 5.74) is 7.43. The molecule has 2 aromatic rings. The van der Waals surface area contributed by atoms with Crippen molar-refractivity contribution in [2.75, 3.05) is 6.54 Å². The van der Waals surface area contributed by atoms with Crippen molar-refractivity contribution in [3.8, 4) is 0 Å². The van der Waals surface area contributed by atoms with Crippen LogP contribution in [0.25, 0.3) is 5.65 Å². The van der Waals surface area contributed by atoms with E-state index in [1.807, 2.05) is 26.8 Å². The highest BCUT2D eigenvalue weighted by atomic mass is 35.5. The fourth-order valence-electron chi connectivity index (χ4n) is 1.52. The van der Waals surface area contributed by atoms with Crippen LogP contribution in [0.15, 0.2) is 18.5 Å². The third-order valence-electron chi connectivity index (χ3n) is 2.40. The first kappa shape index (κ1) is 15.4. The van der Waals surface area contributed by atoms with Crippen LogP contribution in [0.2, 0.25) is 0 Å². The summed E-state index contributed by atoms with van der Waals surface area (Å²) < 4.78 is 1.60. The number of carbonyl (C=O) groups is 1. The van der Waals surface area contributed by atoms with Crippen LogP contribution >= 0.6 is 12.4 Å². The topological polar surface area (TPSA) is 85.3 Å². The maximum Gasteiger partial charge on any atom is 0.254 e. The van der Waals surface area contributed by atoms with Crippen LogP contribution in [0.4, 0.5) is 0 Å². The summed E-state index contributed by atoms with van der Waals surface area (Å²) in [5.74, 6) is -0.198. The van der Waals surface area contributed by atoms with Crippen molar-refractivity contribution in [1.82, 2.24) is 19.9 Å². The molecule has 0 bridgehead atoms. The summed E-state index contributed by atoms with van der Waals surface area (Å²) in [5, 5.41) is 6.98. The normalized spacial score (nSPS) is 11.2. The third-order valence-corrected chi connectivity index (χ3v) is 2.40. The van der Waals surface area contributed by atoms with Crippen molar-refractivity contribution in [3.63, 3.8) is 0 Å². The monoisotopic (exact) mass is 283 g/mol. The second kappa shape index (κ2) is 5.54. The summed E-state index contributed by atoms with van der Waals surface area (Å²) in [4.78, 5) is 16.1. The van der Waals surface area contributed by atoms with Gasteiger partial charge in [0, 0.05) is 30.5 Å². The van der Waals surface area contributed by atoms with E-state index in [0.717, 1.165) is 11.3 Å². The van der Waals surface area contributed by atoms with E-state index in [1.54, 1.807) is 10.7 Å². The van der Waals surface area contributed by atoms with Gasteiger partial charge in [0.05, 0.1) is 11.3 Å². The van der Waals surface area contributed by atoms with E-state index in [1.165, 1.54) is 6.20 Å². The van der Waals surface area contributed by atoms with Crippen LogP contribution in [0, 0.1) is 6.92 Å². The number of fused-ring (bicyclic) bond motifs is 1.